The maximum atomic E-state index is 13.3. The lowest BCUT2D eigenvalue weighted by Crippen LogP contribution is -2.59. The summed E-state index contributed by atoms with van der Waals surface area (Å²) in [5, 5.41) is 3.31. The van der Waals surface area contributed by atoms with Gasteiger partial charge in [0.05, 0.1) is 0 Å². The summed E-state index contributed by atoms with van der Waals surface area (Å²) >= 11 is 0. The number of carbonyl (C=O) groups is 2. The molecule has 3 saturated carbocycles. The first-order valence-corrected chi connectivity index (χ1v) is 13.6. The summed E-state index contributed by atoms with van der Waals surface area (Å²) in [4.78, 5) is 27.6. The van der Waals surface area contributed by atoms with E-state index in [1.165, 1.54) is 24.8 Å². The Bertz CT molecular complexity index is 942. The van der Waals surface area contributed by atoms with E-state index in [2.05, 4.69) is 55.6 Å². The molecule has 2 amide bonds. The van der Waals surface area contributed by atoms with E-state index >= 15 is 0 Å². The largest absolute Gasteiger partial charge is 0.356 e. The molecule has 4 aliphatic rings. The molecule has 0 spiro atoms. The summed E-state index contributed by atoms with van der Waals surface area (Å²) in [6.07, 6.45) is 14.1. The molecule has 1 aromatic carbocycles. The van der Waals surface area contributed by atoms with Crippen molar-refractivity contribution in [1.29, 1.82) is 0 Å². The Kier molecular flexibility index (Phi) is 6.37. The average Bonchev–Trinajstić information content (AvgIpc) is 3.19. The Morgan fingerprint density at radius 3 is 2.62 bits per heavy atom. The molecule has 4 heteroatoms. The third kappa shape index (κ3) is 3.91. The van der Waals surface area contributed by atoms with Gasteiger partial charge in [-0.25, -0.2) is 0 Å². The summed E-state index contributed by atoms with van der Waals surface area (Å²) in [5.74, 6) is 2.54. The smallest absolute Gasteiger partial charge is 0.246 e. The highest BCUT2D eigenvalue weighted by Gasteiger charge is 2.61. The minimum Gasteiger partial charge on any atom is -0.356 e. The van der Waals surface area contributed by atoms with Crippen LogP contribution in [0.25, 0.3) is 0 Å². The second kappa shape index (κ2) is 9.17. The third-order valence-corrected chi connectivity index (χ3v) is 10.5. The number of hydrogen-bond acceptors (Lipinski definition) is 2. The standard InChI is InChI=1S/C30H42N2O2/c1-29-18-16-24-22(12-15-26-30(24,2)19-17-27(33)32(26)3)23(29)13-14-25(29)28(34)31-20-8-7-11-21-9-5-4-6-10-21/h4-6,9-10,17,19,22-26H,7-8,11-16,18,20H2,1-3H3,(H,31,34)/t22-,23-,24+,25?,26?,29-,30+/m0/s1. The van der Waals surface area contributed by atoms with Gasteiger partial charge in [-0.3, -0.25) is 9.59 Å². The van der Waals surface area contributed by atoms with E-state index in [9.17, 15) is 9.59 Å². The van der Waals surface area contributed by atoms with Crippen LogP contribution in [0, 0.1) is 34.5 Å². The number of amides is 2. The maximum absolute atomic E-state index is 13.3. The van der Waals surface area contributed by atoms with Gasteiger partial charge in [0, 0.05) is 31.0 Å². The van der Waals surface area contributed by atoms with Gasteiger partial charge in [0.2, 0.25) is 11.8 Å². The van der Waals surface area contributed by atoms with Crippen LogP contribution in [0.15, 0.2) is 42.5 Å². The fourth-order valence-corrected chi connectivity index (χ4v) is 8.60. The van der Waals surface area contributed by atoms with Crippen molar-refractivity contribution in [3.8, 4) is 0 Å². The Morgan fingerprint density at radius 1 is 1.03 bits per heavy atom. The van der Waals surface area contributed by atoms with Crippen LogP contribution in [-0.2, 0) is 16.0 Å². The molecule has 1 N–H and O–H groups in total. The van der Waals surface area contributed by atoms with Gasteiger partial charge in [-0.2, -0.15) is 0 Å². The Balaban J connectivity index is 1.19. The van der Waals surface area contributed by atoms with Gasteiger partial charge < -0.3 is 10.2 Å². The van der Waals surface area contributed by atoms with Crippen molar-refractivity contribution in [3.63, 3.8) is 0 Å². The predicted molar refractivity (Wildman–Crippen MR) is 136 cm³/mol. The van der Waals surface area contributed by atoms with Crippen molar-refractivity contribution in [1.82, 2.24) is 10.2 Å². The molecule has 5 rings (SSSR count). The number of nitrogens with zero attached hydrogens (tertiary/aromatic N) is 1. The molecule has 1 aliphatic heterocycles. The van der Waals surface area contributed by atoms with Crippen molar-refractivity contribution < 1.29 is 9.59 Å². The van der Waals surface area contributed by atoms with E-state index < -0.39 is 0 Å². The highest BCUT2D eigenvalue weighted by atomic mass is 16.2. The van der Waals surface area contributed by atoms with E-state index in [0.717, 1.165) is 45.1 Å². The number of fused-ring (bicyclic) bond motifs is 5. The average molecular weight is 463 g/mol. The van der Waals surface area contributed by atoms with Crippen LogP contribution >= 0.6 is 0 Å². The molecule has 1 aromatic rings. The molecule has 0 aromatic heterocycles. The predicted octanol–water partition coefficient (Wildman–Crippen LogP) is 5.38. The van der Waals surface area contributed by atoms with E-state index in [0.29, 0.717) is 29.7 Å². The number of aryl methyl sites for hydroxylation is 1. The Labute approximate surface area is 205 Å². The minimum atomic E-state index is 0.0754. The summed E-state index contributed by atoms with van der Waals surface area (Å²) in [6.45, 7) is 5.60. The van der Waals surface area contributed by atoms with Crippen LogP contribution in [0.1, 0.15) is 70.8 Å². The Hall–Kier alpha value is -2.10. The Morgan fingerprint density at radius 2 is 1.82 bits per heavy atom. The highest BCUT2D eigenvalue weighted by molar-refractivity contribution is 5.89. The van der Waals surface area contributed by atoms with Gasteiger partial charge in [0.25, 0.3) is 0 Å². The number of rotatable bonds is 6. The quantitative estimate of drug-likeness (QED) is 0.577. The van der Waals surface area contributed by atoms with Gasteiger partial charge in [0.15, 0.2) is 0 Å². The second-order valence-corrected chi connectivity index (χ2v) is 12.0. The number of carbonyl (C=O) groups excluding carboxylic acids is 2. The molecule has 0 radical (unpaired) electrons. The van der Waals surface area contributed by atoms with Gasteiger partial charge in [0.1, 0.15) is 0 Å². The molecule has 2 unspecified atom stereocenters. The molecule has 4 nitrogen and oxygen atoms in total. The van der Waals surface area contributed by atoms with E-state index in [-0.39, 0.29) is 22.7 Å². The maximum Gasteiger partial charge on any atom is 0.246 e. The number of hydrogen-bond donors (Lipinski definition) is 1. The number of unbranched alkanes of at least 4 members (excludes halogenated alkanes) is 1. The molecular weight excluding hydrogens is 420 g/mol. The van der Waals surface area contributed by atoms with Crippen LogP contribution in [0.2, 0.25) is 0 Å². The molecule has 7 atom stereocenters. The molecule has 0 bridgehead atoms. The topological polar surface area (TPSA) is 49.4 Å². The summed E-state index contributed by atoms with van der Waals surface area (Å²) in [5.41, 5.74) is 1.58. The number of likely N-dealkylation sites (N-methyl/N-ethyl adjacent to an activating group) is 1. The lowest BCUT2D eigenvalue weighted by atomic mass is 9.47. The molecule has 3 fully saturated rings. The highest BCUT2D eigenvalue weighted by Crippen LogP contribution is 2.65. The number of nitrogens with one attached hydrogen (secondary N) is 1. The summed E-state index contributed by atoms with van der Waals surface area (Å²) in [6, 6.07) is 10.9. The summed E-state index contributed by atoms with van der Waals surface area (Å²) in [7, 11) is 1.98. The fraction of sp³-hybridized carbons (Fsp3) is 0.667. The second-order valence-electron chi connectivity index (χ2n) is 12.0. The van der Waals surface area contributed by atoms with Crippen molar-refractivity contribution >= 4 is 11.8 Å². The van der Waals surface area contributed by atoms with Gasteiger partial charge in [-0.1, -0.05) is 50.3 Å². The minimum absolute atomic E-state index is 0.0754. The first kappa shape index (κ1) is 23.6. The van der Waals surface area contributed by atoms with E-state index in [4.69, 9.17) is 0 Å². The lowest BCUT2D eigenvalue weighted by molar-refractivity contribution is -0.142. The summed E-state index contributed by atoms with van der Waals surface area (Å²) < 4.78 is 0. The third-order valence-electron chi connectivity index (χ3n) is 10.5. The van der Waals surface area contributed by atoms with Crippen LogP contribution < -0.4 is 5.32 Å². The van der Waals surface area contributed by atoms with Crippen LogP contribution in [0.3, 0.4) is 0 Å². The lowest BCUT2D eigenvalue weighted by Gasteiger charge is -2.60. The normalized spacial score (nSPS) is 38.7. The first-order valence-electron chi connectivity index (χ1n) is 13.6. The first-order chi connectivity index (χ1) is 16.3. The molecule has 1 heterocycles. The molecule has 3 aliphatic carbocycles. The van der Waals surface area contributed by atoms with E-state index in [1.807, 2.05) is 18.0 Å². The zero-order valence-corrected chi connectivity index (χ0v) is 21.3. The molecular formula is C30H42N2O2. The van der Waals surface area contributed by atoms with Crippen molar-refractivity contribution in [2.75, 3.05) is 13.6 Å². The number of benzene rings is 1. The van der Waals surface area contributed by atoms with Gasteiger partial charge >= 0.3 is 0 Å². The molecule has 184 valence electrons. The van der Waals surface area contributed by atoms with Crippen molar-refractivity contribution in [3.05, 3.63) is 48.0 Å². The van der Waals surface area contributed by atoms with Crippen LogP contribution in [-0.4, -0.2) is 36.3 Å². The zero-order chi connectivity index (χ0) is 23.9. The van der Waals surface area contributed by atoms with Gasteiger partial charge in [-0.15, -0.1) is 0 Å². The van der Waals surface area contributed by atoms with Crippen molar-refractivity contribution in [2.24, 2.45) is 34.5 Å². The zero-order valence-electron chi connectivity index (χ0n) is 21.3. The fourth-order valence-electron chi connectivity index (χ4n) is 8.60. The van der Waals surface area contributed by atoms with Crippen molar-refractivity contribution in [2.45, 2.75) is 77.7 Å². The van der Waals surface area contributed by atoms with E-state index in [1.54, 1.807) is 0 Å². The SMILES string of the molecule is CN1C(=O)C=C[C@@]2(C)C1CC[C@@H]1[C@H]2CC[C@]2(C)C(C(=O)NCCCCc3ccccc3)CC[C@@H]12. The van der Waals surface area contributed by atoms with Gasteiger partial charge in [-0.05, 0) is 92.6 Å². The molecule has 0 saturated heterocycles. The van der Waals surface area contributed by atoms with Crippen LogP contribution in [0.4, 0.5) is 0 Å². The van der Waals surface area contributed by atoms with Crippen LogP contribution in [0.5, 0.6) is 0 Å². The monoisotopic (exact) mass is 462 g/mol. The molecule has 34 heavy (non-hydrogen) atoms.